The molecule has 72 valence electrons. The third-order valence-electron chi connectivity index (χ3n) is 1.98. The zero-order chi connectivity index (χ0) is 9.97. The summed E-state index contributed by atoms with van der Waals surface area (Å²) in [5.41, 5.74) is 7.63. The Labute approximate surface area is 80.3 Å². The summed E-state index contributed by atoms with van der Waals surface area (Å²) in [5, 5.41) is 14.4. The van der Waals surface area contributed by atoms with Crippen molar-refractivity contribution in [1.82, 2.24) is 5.16 Å². The Hall–Kier alpha value is -1.88. The van der Waals surface area contributed by atoms with Crippen molar-refractivity contribution in [3.05, 3.63) is 41.2 Å². The van der Waals surface area contributed by atoms with Crippen LogP contribution in [0.4, 0.5) is 0 Å². The molecule has 0 amide bonds. The van der Waals surface area contributed by atoms with Gasteiger partial charge in [-0.25, -0.2) is 0 Å². The highest BCUT2D eigenvalue weighted by molar-refractivity contribution is 5.55. The van der Waals surface area contributed by atoms with Gasteiger partial charge in [0.15, 0.2) is 0 Å². The molecule has 0 atom stereocenters. The molecule has 14 heavy (non-hydrogen) atoms. The number of hydrogen-bond acceptors (Lipinski definition) is 4. The molecule has 0 spiro atoms. The van der Waals surface area contributed by atoms with Crippen LogP contribution in [-0.2, 0) is 6.54 Å². The lowest BCUT2D eigenvalue weighted by molar-refractivity contribution is -0.793. The first kappa shape index (κ1) is 8.71. The molecule has 5 heteroatoms. The van der Waals surface area contributed by atoms with Gasteiger partial charge in [-0.3, -0.25) is 4.63 Å². The van der Waals surface area contributed by atoms with Crippen LogP contribution in [0.3, 0.4) is 0 Å². The highest BCUT2D eigenvalue weighted by Crippen LogP contribution is 2.14. The summed E-state index contributed by atoms with van der Waals surface area (Å²) >= 11 is 0. The van der Waals surface area contributed by atoms with E-state index < -0.39 is 0 Å². The first-order valence-corrected chi connectivity index (χ1v) is 4.15. The molecule has 1 aromatic heterocycles. The van der Waals surface area contributed by atoms with Gasteiger partial charge >= 0.3 is 0 Å². The van der Waals surface area contributed by atoms with Gasteiger partial charge in [0.05, 0.1) is 0 Å². The van der Waals surface area contributed by atoms with E-state index in [0.29, 0.717) is 17.1 Å². The van der Waals surface area contributed by atoms with E-state index in [9.17, 15) is 5.21 Å². The number of aromatic nitrogens is 2. The molecular formula is C9H9N3O2. The SMILES string of the molecule is NCc1ccc(-c2cno[n+]2[O-])cc1. The van der Waals surface area contributed by atoms with Crippen molar-refractivity contribution in [3.63, 3.8) is 0 Å². The molecule has 2 N–H and O–H groups in total. The molecule has 0 aliphatic rings. The molecule has 0 aliphatic heterocycles. The molecule has 0 fully saturated rings. The average molecular weight is 191 g/mol. The van der Waals surface area contributed by atoms with Crippen LogP contribution in [0.15, 0.2) is 35.1 Å². The van der Waals surface area contributed by atoms with Crippen LogP contribution in [0.25, 0.3) is 11.3 Å². The van der Waals surface area contributed by atoms with E-state index in [1.807, 2.05) is 24.3 Å². The Kier molecular flexibility index (Phi) is 2.16. The van der Waals surface area contributed by atoms with Gasteiger partial charge in [-0.1, -0.05) is 24.3 Å². The lowest BCUT2D eigenvalue weighted by atomic mass is 10.1. The minimum absolute atomic E-state index is 0.372. The predicted octanol–water partition coefficient (Wildman–Crippen LogP) is 0.434. The van der Waals surface area contributed by atoms with Crippen molar-refractivity contribution in [2.75, 3.05) is 0 Å². The summed E-state index contributed by atoms with van der Waals surface area (Å²) in [6, 6.07) is 7.34. The van der Waals surface area contributed by atoms with Crippen LogP contribution in [-0.4, -0.2) is 5.16 Å². The number of nitrogens with two attached hydrogens (primary N) is 1. The van der Waals surface area contributed by atoms with E-state index in [0.717, 1.165) is 11.1 Å². The van der Waals surface area contributed by atoms with Crippen molar-refractivity contribution in [2.24, 2.45) is 5.73 Å². The second-order valence-corrected chi connectivity index (χ2v) is 2.86. The smallest absolute Gasteiger partial charge is 0.225 e. The fourth-order valence-electron chi connectivity index (χ4n) is 1.20. The summed E-state index contributed by atoms with van der Waals surface area (Å²) in [6.45, 7) is 0.487. The van der Waals surface area contributed by atoms with Crippen molar-refractivity contribution < 1.29 is 9.53 Å². The van der Waals surface area contributed by atoms with Gasteiger partial charge in [0.2, 0.25) is 11.9 Å². The maximum absolute atomic E-state index is 11.0. The van der Waals surface area contributed by atoms with Gasteiger partial charge in [0.25, 0.3) is 0 Å². The highest BCUT2D eigenvalue weighted by Gasteiger charge is 2.09. The molecule has 0 saturated heterocycles. The minimum Gasteiger partial charge on any atom is -0.359 e. The van der Waals surface area contributed by atoms with E-state index in [1.54, 1.807) is 0 Å². The van der Waals surface area contributed by atoms with Crippen LogP contribution in [0.1, 0.15) is 5.56 Å². The molecule has 5 nitrogen and oxygen atoms in total. The minimum atomic E-state index is 0.372. The highest BCUT2D eigenvalue weighted by atomic mass is 16.8. The van der Waals surface area contributed by atoms with Gasteiger partial charge in [0, 0.05) is 17.3 Å². The Morgan fingerprint density at radius 3 is 2.57 bits per heavy atom. The first-order chi connectivity index (χ1) is 6.81. The van der Waals surface area contributed by atoms with Crippen LogP contribution in [0.5, 0.6) is 0 Å². The Bertz CT molecular complexity index is 422. The third kappa shape index (κ3) is 1.45. The summed E-state index contributed by atoms with van der Waals surface area (Å²) < 4.78 is 4.36. The summed E-state index contributed by atoms with van der Waals surface area (Å²) in [4.78, 5) is 0.372. The average Bonchev–Trinajstić information content (AvgIpc) is 2.65. The topological polar surface area (TPSA) is 79.0 Å². The zero-order valence-corrected chi connectivity index (χ0v) is 7.38. The lowest BCUT2D eigenvalue weighted by Crippen LogP contribution is -2.24. The van der Waals surface area contributed by atoms with Gasteiger partial charge in [-0.15, -0.1) is 0 Å². The van der Waals surface area contributed by atoms with Crippen LogP contribution < -0.4 is 10.6 Å². The standard InChI is InChI=1S/C9H9N3O2/c10-5-7-1-3-8(4-2-7)9-6-11-14-12(9)13/h1-4,6H,5,10H2. The van der Waals surface area contributed by atoms with Crippen molar-refractivity contribution in [1.29, 1.82) is 0 Å². The van der Waals surface area contributed by atoms with Crippen molar-refractivity contribution in [3.8, 4) is 11.3 Å². The maximum Gasteiger partial charge on any atom is 0.225 e. The maximum atomic E-state index is 11.0. The number of rotatable bonds is 2. The Morgan fingerprint density at radius 1 is 1.36 bits per heavy atom. The lowest BCUT2D eigenvalue weighted by Gasteiger charge is -1.98. The normalized spacial score (nSPS) is 10.4. The summed E-state index contributed by atoms with van der Waals surface area (Å²) in [6.07, 6.45) is 1.38. The Balaban J connectivity index is 2.39. The van der Waals surface area contributed by atoms with E-state index >= 15 is 0 Å². The first-order valence-electron chi connectivity index (χ1n) is 4.15. The molecule has 2 rings (SSSR count). The van der Waals surface area contributed by atoms with Gasteiger partial charge < -0.3 is 10.9 Å². The monoisotopic (exact) mass is 191 g/mol. The molecule has 2 aromatic rings. The molecule has 0 aliphatic carbocycles. The Morgan fingerprint density at radius 2 is 2.07 bits per heavy atom. The van der Waals surface area contributed by atoms with Crippen LogP contribution in [0, 0.1) is 5.21 Å². The van der Waals surface area contributed by atoms with Crippen molar-refractivity contribution >= 4 is 0 Å². The largest absolute Gasteiger partial charge is 0.359 e. The van der Waals surface area contributed by atoms with Gasteiger partial charge in [-0.05, 0) is 10.5 Å². The quantitative estimate of drug-likeness (QED) is 0.698. The summed E-state index contributed by atoms with van der Waals surface area (Å²) in [7, 11) is 0. The molecule has 0 bridgehead atoms. The predicted molar refractivity (Wildman–Crippen MR) is 48.8 cm³/mol. The molecule has 1 aromatic carbocycles. The fourth-order valence-corrected chi connectivity index (χ4v) is 1.20. The van der Waals surface area contributed by atoms with E-state index in [-0.39, 0.29) is 0 Å². The van der Waals surface area contributed by atoms with E-state index in [4.69, 9.17) is 5.73 Å². The molecule has 0 radical (unpaired) electrons. The number of benzene rings is 1. The van der Waals surface area contributed by atoms with Crippen molar-refractivity contribution in [2.45, 2.75) is 6.54 Å². The number of hydrogen-bond donors (Lipinski definition) is 1. The second-order valence-electron chi connectivity index (χ2n) is 2.86. The van der Waals surface area contributed by atoms with E-state index in [2.05, 4.69) is 9.79 Å². The molecule has 0 unspecified atom stereocenters. The van der Waals surface area contributed by atoms with Crippen LogP contribution in [0.2, 0.25) is 0 Å². The van der Waals surface area contributed by atoms with Gasteiger partial charge in [0.1, 0.15) is 0 Å². The molecule has 0 saturated carbocycles. The summed E-state index contributed by atoms with van der Waals surface area (Å²) in [5.74, 6) is 0. The van der Waals surface area contributed by atoms with E-state index in [1.165, 1.54) is 6.20 Å². The zero-order valence-electron chi connectivity index (χ0n) is 7.38. The number of nitrogens with zero attached hydrogens (tertiary/aromatic N) is 2. The molecule has 1 heterocycles. The molecular weight excluding hydrogens is 182 g/mol. The van der Waals surface area contributed by atoms with Gasteiger partial charge in [-0.2, -0.15) is 0 Å². The second kappa shape index (κ2) is 3.47. The fraction of sp³-hybridized carbons (Fsp3) is 0.111. The van der Waals surface area contributed by atoms with Crippen LogP contribution >= 0.6 is 0 Å². The third-order valence-corrected chi connectivity index (χ3v) is 1.98.